The molecular weight excluding hydrogens is 262 g/mol. The van der Waals surface area contributed by atoms with Crippen molar-refractivity contribution in [2.24, 2.45) is 0 Å². The van der Waals surface area contributed by atoms with Crippen molar-refractivity contribution in [2.45, 2.75) is 38.6 Å². The van der Waals surface area contributed by atoms with Crippen LogP contribution in [0.1, 0.15) is 32.6 Å². The maximum atomic E-state index is 4.68. The van der Waals surface area contributed by atoms with E-state index >= 15 is 0 Å². The Bertz CT molecular complexity index is 580. The van der Waals surface area contributed by atoms with Crippen molar-refractivity contribution in [3.8, 4) is 0 Å². The molecule has 0 aromatic carbocycles. The number of hydrogen-bond donors (Lipinski definition) is 1. The Kier molecular flexibility index (Phi) is 4.60. The summed E-state index contributed by atoms with van der Waals surface area (Å²) in [6.45, 7) is 5.40. The van der Waals surface area contributed by atoms with Gasteiger partial charge in [-0.25, -0.2) is 9.97 Å². The molecule has 112 valence electrons. The van der Waals surface area contributed by atoms with Crippen LogP contribution < -0.4 is 10.2 Å². The van der Waals surface area contributed by atoms with Crippen LogP contribution in [-0.4, -0.2) is 40.6 Å². The van der Waals surface area contributed by atoms with Crippen molar-refractivity contribution >= 4 is 17.0 Å². The summed E-state index contributed by atoms with van der Waals surface area (Å²) in [5.41, 5.74) is 1.58. The molecule has 1 aliphatic rings. The monoisotopic (exact) mass is 285 g/mol. The third kappa shape index (κ3) is 3.47. The lowest BCUT2D eigenvalue weighted by Crippen LogP contribution is -2.44. The van der Waals surface area contributed by atoms with Crippen LogP contribution >= 0.6 is 0 Å². The molecule has 1 unspecified atom stereocenters. The van der Waals surface area contributed by atoms with E-state index in [-0.39, 0.29) is 0 Å². The molecule has 21 heavy (non-hydrogen) atoms. The first-order valence-electron chi connectivity index (χ1n) is 7.93. The number of rotatable bonds is 5. The van der Waals surface area contributed by atoms with Crippen LogP contribution in [0.3, 0.4) is 0 Å². The predicted octanol–water partition coefficient (Wildman–Crippen LogP) is 2.38. The predicted molar refractivity (Wildman–Crippen MR) is 85.5 cm³/mol. The van der Waals surface area contributed by atoms with E-state index in [0.717, 1.165) is 43.0 Å². The van der Waals surface area contributed by atoms with Crippen molar-refractivity contribution in [2.75, 3.05) is 24.5 Å². The second kappa shape index (κ2) is 6.80. The molecule has 0 radical (unpaired) electrons. The van der Waals surface area contributed by atoms with Crippen LogP contribution in [0.4, 0.5) is 5.82 Å². The molecule has 2 aromatic heterocycles. The molecule has 0 amide bonds. The summed E-state index contributed by atoms with van der Waals surface area (Å²) in [6.07, 6.45) is 8.41. The molecule has 5 nitrogen and oxygen atoms in total. The summed E-state index contributed by atoms with van der Waals surface area (Å²) < 4.78 is 0. The Morgan fingerprint density at radius 2 is 2.14 bits per heavy atom. The average Bonchev–Trinajstić information content (AvgIpc) is 2.55. The molecular formula is C16H23N5. The molecule has 1 fully saturated rings. The number of piperidine rings is 1. The Labute approximate surface area is 125 Å². The first-order valence-corrected chi connectivity index (χ1v) is 7.93. The van der Waals surface area contributed by atoms with E-state index in [1.807, 2.05) is 6.07 Å². The van der Waals surface area contributed by atoms with E-state index in [0.29, 0.717) is 6.04 Å². The highest BCUT2D eigenvalue weighted by atomic mass is 15.2. The van der Waals surface area contributed by atoms with Crippen LogP contribution in [0.5, 0.6) is 0 Å². The molecule has 3 heterocycles. The third-order valence-electron chi connectivity index (χ3n) is 3.99. The van der Waals surface area contributed by atoms with Crippen LogP contribution in [-0.2, 0) is 0 Å². The molecule has 0 bridgehead atoms. The van der Waals surface area contributed by atoms with Gasteiger partial charge in [-0.1, -0.05) is 13.3 Å². The van der Waals surface area contributed by atoms with Crippen molar-refractivity contribution in [1.82, 2.24) is 20.3 Å². The standard InChI is InChI=1S/C16H23N5/c1-2-11-21(12-13-5-3-4-8-17-13)15-7-6-14-16(20-15)19-10-9-18-14/h6-7,9-10,13,17H,2-5,8,11-12H2,1H3. The van der Waals surface area contributed by atoms with E-state index in [9.17, 15) is 0 Å². The van der Waals surface area contributed by atoms with E-state index in [4.69, 9.17) is 0 Å². The summed E-state index contributed by atoms with van der Waals surface area (Å²) >= 11 is 0. The van der Waals surface area contributed by atoms with Gasteiger partial charge < -0.3 is 10.2 Å². The van der Waals surface area contributed by atoms with E-state index in [2.05, 4.69) is 38.2 Å². The average molecular weight is 285 g/mol. The van der Waals surface area contributed by atoms with Crippen LogP contribution in [0.15, 0.2) is 24.5 Å². The van der Waals surface area contributed by atoms with Gasteiger partial charge in [0.1, 0.15) is 11.3 Å². The van der Waals surface area contributed by atoms with Gasteiger partial charge in [-0.15, -0.1) is 0 Å². The van der Waals surface area contributed by atoms with Gasteiger partial charge in [-0.3, -0.25) is 4.98 Å². The summed E-state index contributed by atoms with van der Waals surface area (Å²) in [5, 5.41) is 3.62. The minimum absolute atomic E-state index is 0.574. The van der Waals surface area contributed by atoms with Gasteiger partial charge in [0.05, 0.1) is 0 Å². The Balaban J connectivity index is 1.80. The second-order valence-electron chi connectivity index (χ2n) is 5.66. The van der Waals surface area contributed by atoms with Gasteiger partial charge in [-0.2, -0.15) is 0 Å². The highest BCUT2D eigenvalue weighted by Crippen LogP contribution is 2.17. The fourth-order valence-corrected chi connectivity index (χ4v) is 2.94. The topological polar surface area (TPSA) is 53.9 Å². The van der Waals surface area contributed by atoms with E-state index < -0.39 is 0 Å². The molecule has 1 aliphatic heterocycles. The molecule has 0 saturated carbocycles. The highest BCUT2D eigenvalue weighted by molar-refractivity contribution is 5.71. The van der Waals surface area contributed by atoms with Crippen LogP contribution in [0.25, 0.3) is 11.2 Å². The number of fused-ring (bicyclic) bond motifs is 1. The summed E-state index contributed by atoms with van der Waals surface area (Å²) in [6, 6.07) is 4.65. The number of hydrogen-bond acceptors (Lipinski definition) is 5. The minimum Gasteiger partial charge on any atom is -0.355 e. The lowest BCUT2D eigenvalue weighted by molar-refractivity contribution is 0.398. The van der Waals surface area contributed by atoms with Crippen molar-refractivity contribution < 1.29 is 0 Å². The number of nitrogens with one attached hydrogen (secondary N) is 1. The van der Waals surface area contributed by atoms with Crippen molar-refractivity contribution in [3.63, 3.8) is 0 Å². The summed E-state index contributed by atoms with van der Waals surface area (Å²) in [4.78, 5) is 15.7. The maximum Gasteiger partial charge on any atom is 0.180 e. The Morgan fingerprint density at radius 3 is 2.95 bits per heavy atom. The number of aromatic nitrogens is 3. The zero-order valence-electron chi connectivity index (χ0n) is 12.6. The van der Waals surface area contributed by atoms with Crippen molar-refractivity contribution in [3.05, 3.63) is 24.5 Å². The molecule has 3 rings (SSSR count). The van der Waals surface area contributed by atoms with E-state index in [1.54, 1.807) is 12.4 Å². The fourth-order valence-electron chi connectivity index (χ4n) is 2.94. The van der Waals surface area contributed by atoms with Gasteiger partial charge in [0, 0.05) is 31.5 Å². The van der Waals surface area contributed by atoms with Crippen LogP contribution in [0, 0.1) is 0 Å². The molecule has 1 saturated heterocycles. The zero-order chi connectivity index (χ0) is 14.5. The Morgan fingerprint density at radius 1 is 1.24 bits per heavy atom. The van der Waals surface area contributed by atoms with E-state index in [1.165, 1.54) is 19.3 Å². The first kappa shape index (κ1) is 14.2. The van der Waals surface area contributed by atoms with Crippen LogP contribution in [0.2, 0.25) is 0 Å². The maximum absolute atomic E-state index is 4.68. The van der Waals surface area contributed by atoms with Gasteiger partial charge >= 0.3 is 0 Å². The summed E-state index contributed by atoms with van der Waals surface area (Å²) in [7, 11) is 0. The molecule has 0 spiro atoms. The van der Waals surface area contributed by atoms with Gasteiger partial charge in [0.2, 0.25) is 0 Å². The zero-order valence-corrected chi connectivity index (χ0v) is 12.6. The summed E-state index contributed by atoms with van der Waals surface area (Å²) in [5.74, 6) is 1.01. The third-order valence-corrected chi connectivity index (χ3v) is 3.99. The first-order chi connectivity index (χ1) is 10.4. The normalized spacial score (nSPS) is 18.8. The van der Waals surface area contributed by atoms with Crippen molar-refractivity contribution in [1.29, 1.82) is 0 Å². The number of anilines is 1. The molecule has 1 atom stereocenters. The van der Waals surface area contributed by atoms with Gasteiger partial charge in [-0.05, 0) is 37.9 Å². The smallest absolute Gasteiger partial charge is 0.180 e. The number of pyridine rings is 1. The lowest BCUT2D eigenvalue weighted by atomic mass is 10.0. The minimum atomic E-state index is 0.574. The SMILES string of the molecule is CCCN(CC1CCCCN1)c1ccc2nccnc2n1. The quantitative estimate of drug-likeness (QED) is 0.914. The number of nitrogens with zero attached hydrogens (tertiary/aromatic N) is 4. The fraction of sp³-hybridized carbons (Fsp3) is 0.562. The molecule has 1 N–H and O–H groups in total. The molecule has 2 aromatic rings. The van der Waals surface area contributed by atoms with Gasteiger partial charge in [0.15, 0.2) is 5.65 Å². The Hall–Kier alpha value is -1.75. The second-order valence-corrected chi connectivity index (χ2v) is 5.66. The highest BCUT2D eigenvalue weighted by Gasteiger charge is 2.17. The molecule has 0 aliphatic carbocycles. The molecule has 5 heteroatoms. The lowest BCUT2D eigenvalue weighted by Gasteiger charge is -2.31. The van der Waals surface area contributed by atoms with Gasteiger partial charge in [0.25, 0.3) is 0 Å². The largest absolute Gasteiger partial charge is 0.355 e.